The molecule has 0 aromatic rings. The third-order valence-electron chi connectivity index (χ3n) is 11.9. The molecular weight excluding hydrogens is 670 g/mol. The molecule has 2 heterocycles. The third kappa shape index (κ3) is 10.3. The number of rotatable bonds is 9. The molecule has 1 aliphatic carbocycles. The van der Waals surface area contributed by atoms with Crippen LogP contribution in [-0.2, 0) is 33.4 Å². The molecule has 2 aliphatic heterocycles. The molecule has 3 fully saturated rings. The number of methoxy groups -OCH3 is 1. The van der Waals surface area contributed by atoms with Crippen LogP contribution in [0.3, 0.4) is 0 Å². The van der Waals surface area contributed by atoms with Crippen molar-refractivity contribution >= 4 is 17.5 Å². The van der Waals surface area contributed by atoms with Crippen molar-refractivity contribution in [2.75, 3.05) is 20.7 Å². The molecule has 0 unspecified atom stereocenters. The highest BCUT2D eigenvalue weighted by Gasteiger charge is 2.52. The first-order valence-corrected chi connectivity index (χ1v) is 19.1. The fourth-order valence-electron chi connectivity index (χ4n) is 8.28. The second-order valence-corrected chi connectivity index (χ2v) is 16.1. The molecule has 298 valence electrons. The second-order valence-electron chi connectivity index (χ2n) is 16.1. The number of cyclic esters (lactones) is 1. The molecule has 13 heteroatoms. The topological polar surface area (TPSA) is 183 Å². The average molecular weight is 738 g/mol. The standard InChI is InChI=1S/C39H67N3O10/c1-12-14-19-42(10)29-20-23(4)49-37(33(29)44)51-35-25(6)32(43)26(7)36(46)50-30(13-2)39(9,47)34(45)24(5)31(22(3)21-38(35,8)48-11)41-52-28-17-15-27(40)16-18-28/h1,22-30,33-35,37,44-45,47H,13-21,40H2,2-11H3/b41-31+/t22-,23-,24+,25+,26-,27?,28?,29+,30-,33-,34-,35-,37+,38-,39-/m1/s1. The van der Waals surface area contributed by atoms with E-state index in [1.165, 1.54) is 21.0 Å². The Balaban J connectivity index is 2.12. The lowest BCUT2D eigenvalue weighted by atomic mass is 9.74. The van der Waals surface area contributed by atoms with Gasteiger partial charge in [0.2, 0.25) is 0 Å². The number of hydrogen-bond acceptors (Lipinski definition) is 13. The monoisotopic (exact) mass is 737 g/mol. The van der Waals surface area contributed by atoms with E-state index in [9.17, 15) is 24.9 Å². The van der Waals surface area contributed by atoms with Gasteiger partial charge in [0.05, 0.1) is 29.6 Å². The summed E-state index contributed by atoms with van der Waals surface area (Å²) < 4.78 is 24.9. The number of hydrogen-bond donors (Lipinski definition) is 4. The zero-order chi connectivity index (χ0) is 39.1. The second kappa shape index (κ2) is 18.9. The molecule has 0 aromatic heterocycles. The van der Waals surface area contributed by atoms with Gasteiger partial charge in [-0.25, -0.2) is 0 Å². The van der Waals surface area contributed by atoms with E-state index in [0.29, 0.717) is 25.1 Å². The van der Waals surface area contributed by atoms with Crippen molar-refractivity contribution < 1.29 is 48.7 Å². The van der Waals surface area contributed by atoms with Gasteiger partial charge in [-0.1, -0.05) is 32.9 Å². The Kier molecular flexibility index (Phi) is 16.1. The maximum Gasteiger partial charge on any atom is 0.316 e. The first kappa shape index (κ1) is 44.2. The summed E-state index contributed by atoms with van der Waals surface area (Å²) in [5.41, 5.74) is 3.47. The normalized spacial score (nSPS) is 43.8. The Bertz CT molecular complexity index is 1250. The SMILES string of the molecule is C#CCCN(C)[C@H]1C[C@@H](C)O[C@@H](O[C@@H]2[C@@H](C)C(=O)[C@@H](C)C(=O)O[C@H](CC)[C@@](C)(O)[C@H](O)[C@@H](C)/C(=N/OC3CCC(N)CC3)[C@H](C)C[C@@]2(C)OC)[C@@H]1O. The first-order chi connectivity index (χ1) is 24.3. The van der Waals surface area contributed by atoms with Crippen molar-refractivity contribution in [3.8, 4) is 12.3 Å². The summed E-state index contributed by atoms with van der Waals surface area (Å²) >= 11 is 0. The van der Waals surface area contributed by atoms with Crippen LogP contribution in [0.25, 0.3) is 0 Å². The average Bonchev–Trinajstić information content (AvgIpc) is 3.11. The van der Waals surface area contributed by atoms with E-state index in [1.807, 2.05) is 32.7 Å². The number of Topliss-reactive ketones (excluding diaryl/α,β-unsaturated/α-hetero) is 1. The lowest BCUT2D eigenvalue weighted by molar-refractivity contribution is -0.295. The number of ketones is 1. The quantitative estimate of drug-likeness (QED) is 0.118. The number of esters is 1. The lowest BCUT2D eigenvalue weighted by Gasteiger charge is -2.47. The van der Waals surface area contributed by atoms with E-state index >= 15 is 0 Å². The number of ether oxygens (including phenoxy) is 4. The predicted octanol–water partition coefficient (Wildman–Crippen LogP) is 3.19. The fourth-order valence-corrected chi connectivity index (χ4v) is 8.28. The zero-order valence-corrected chi connectivity index (χ0v) is 33.1. The largest absolute Gasteiger partial charge is 0.459 e. The third-order valence-corrected chi connectivity index (χ3v) is 11.9. The van der Waals surface area contributed by atoms with Crippen LogP contribution < -0.4 is 5.73 Å². The van der Waals surface area contributed by atoms with E-state index in [-0.39, 0.29) is 37.1 Å². The molecular formula is C39H67N3O10. The van der Waals surface area contributed by atoms with Gasteiger partial charge in [0.25, 0.3) is 0 Å². The molecule has 13 atom stereocenters. The summed E-state index contributed by atoms with van der Waals surface area (Å²) in [6.45, 7) is 14.3. The zero-order valence-electron chi connectivity index (χ0n) is 33.1. The van der Waals surface area contributed by atoms with Crippen LogP contribution in [0, 0.1) is 36.0 Å². The van der Waals surface area contributed by atoms with Gasteiger partial charge in [-0.05, 0) is 79.7 Å². The van der Waals surface area contributed by atoms with Crippen molar-refractivity contribution in [1.29, 1.82) is 0 Å². The smallest absolute Gasteiger partial charge is 0.316 e. The number of nitrogens with zero attached hydrogens (tertiary/aromatic N) is 2. The molecule has 0 bridgehead atoms. The van der Waals surface area contributed by atoms with Crippen molar-refractivity contribution in [1.82, 2.24) is 4.90 Å². The van der Waals surface area contributed by atoms with E-state index in [1.54, 1.807) is 20.8 Å². The minimum atomic E-state index is -1.90. The van der Waals surface area contributed by atoms with Crippen LogP contribution in [0.1, 0.15) is 107 Å². The van der Waals surface area contributed by atoms with Crippen molar-refractivity contribution in [2.24, 2.45) is 34.6 Å². The van der Waals surface area contributed by atoms with Crippen molar-refractivity contribution in [2.45, 2.75) is 173 Å². The number of terminal acetylenes is 1. The summed E-state index contributed by atoms with van der Waals surface area (Å²) in [7, 11) is 3.41. The lowest BCUT2D eigenvalue weighted by Crippen LogP contribution is -2.60. The highest BCUT2D eigenvalue weighted by Crippen LogP contribution is 2.39. The maximum absolute atomic E-state index is 14.2. The summed E-state index contributed by atoms with van der Waals surface area (Å²) in [5.74, 6) is -2.05. The first-order valence-electron chi connectivity index (χ1n) is 19.1. The van der Waals surface area contributed by atoms with Crippen LogP contribution in [-0.4, -0.2) is 125 Å². The minimum Gasteiger partial charge on any atom is -0.459 e. The Morgan fingerprint density at radius 3 is 2.29 bits per heavy atom. The molecule has 0 amide bonds. The number of carbonyl (C=O) groups excluding carboxylic acids is 2. The fraction of sp³-hybridized carbons (Fsp3) is 0.872. The highest BCUT2D eigenvalue weighted by atomic mass is 16.7. The van der Waals surface area contributed by atoms with Crippen LogP contribution in [0.15, 0.2) is 5.16 Å². The molecule has 3 aliphatic rings. The Labute approximate surface area is 311 Å². The van der Waals surface area contributed by atoms with Crippen LogP contribution in [0.5, 0.6) is 0 Å². The van der Waals surface area contributed by atoms with Crippen molar-refractivity contribution in [3.05, 3.63) is 0 Å². The number of aliphatic hydroxyl groups excluding tert-OH is 2. The van der Waals surface area contributed by atoms with Crippen LogP contribution >= 0.6 is 0 Å². The van der Waals surface area contributed by atoms with E-state index in [0.717, 1.165) is 25.7 Å². The number of oxime groups is 1. The van der Waals surface area contributed by atoms with Crippen LogP contribution in [0.2, 0.25) is 0 Å². The van der Waals surface area contributed by atoms with Gasteiger partial charge >= 0.3 is 5.97 Å². The van der Waals surface area contributed by atoms with Gasteiger partial charge < -0.3 is 44.8 Å². The van der Waals surface area contributed by atoms with Crippen molar-refractivity contribution in [3.63, 3.8) is 0 Å². The summed E-state index contributed by atoms with van der Waals surface area (Å²) in [6, 6.07) is -0.218. The van der Waals surface area contributed by atoms with Crippen LogP contribution in [0.4, 0.5) is 0 Å². The Morgan fingerprint density at radius 2 is 1.71 bits per heavy atom. The van der Waals surface area contributed by atoms with Gasteiger partial charge in [-0.2, -0.15) is 0 Å². The molecule has 0 aromatic carbocycles. The van der Waals surface area contributed by atoms with Gasteiger partial charge in [-0.15, -0.1) is 12.3 Å². The predicted molar refractivity (Wildman–Crippen MR) is 197 cm³/mol. The number of nitrogens with two attached hydrogens (primary N) is 1. The molecule has 2 saturated heterocycles. The van der Waals surface area contributed by atoms with E-state index in [2.05, 4.69) is 11.1 Å². The van der Waals surface area contributed by atoms with Gasteiger partial charge in [0.15, 0.2) is 12.1 Å². The van der Waals surface area contributed by atoms with E-state index < -0.39 is 77.3 Å². The number of likely N-dealkylation sites (N-methyl/N-ethyl adjacent to an activating group) is 1. The van der Waals surface area contributed by atoms with E-state index in [4.69, 9.17) is 35.9 Å². The summed E-state index contributed by atoms with van der Waals surface area (Å²) in [6.07, 6.45) is 3.79. The molecule has 0 radical (unpaired) electrons. The van der Waals surface area contributed by atoms with Gasteiger partial charge in [0.1, 0.15) is 29.8 Å². The summed E-state index contributed by atoms with van der Waals surface area (Å²) in [4.78, 5) is 35.9. The Morgan fingerprint density at radius 1 is 1.08 bits per heavy atom. The molecule has 13 nitrogen and oxygen atoms in total. The van der Waals surface area contributed by atoms with Gasteiger partial charge in [-0.3, -0.25) is 14.5 Å². The number of carbonyl (C=O) groups is 2. The maximum atomic E-state index is 14.2. The minimum absolute atomic E-state index is 0.116. The molecule has 52 heavy (non-hydrogen) atoms. The van der Waals surface area contributed by atoms with Gasteiger partial charge in [0, 0.05) is 49.9 Å². The molecule has 3 rings (SSSR count). The number of aliphatic hydroxyl groups is 3. The molecule has 0 spiro atoms. The molecule has 5 N–H and O–H groups in total. The summed E-state index contributed by atoms with van der Waals surface area (Å²) in [5, 5.41) is 39.9. The Hall–Kier alpha value is -2.15. The highest BCUT2D eigenvalue weighted by molar-refractivity contribution is 6.00. The molecule has 1 saturated carbocycles.